The van der Waals surface area contributed by atoms with E-state index in [-0.39, 0.29) is 28.9 Å². The van der Waals surface area contributed by atoms with Crippen LogP contribution in [-0.4, -0.2) is 74.5 Å². The summed E-state index contributed by atoms with van der Waals surface area (Å²) < 4.78 is 7.11. The van der Waals surface area contributed by atoms with Crippen LogP contribution in [0.15, 0.2) is 29.3 Å². The zero-order chi connectivity index (χ0) is 31.4. The number of rotatable bonds is 10. The van der Waals surface area contributed by atoms with E-state index in [1.165, 1.54) is 6.92 Å². The molecule has 2 aliphatic rings. The fraction of sp³-hybridized carbons (Fsp3) is 0.576. The monoisotopic (exact) mass is 603 g/mol. The van der Waals surface area contributed by atoms with Crippen molar-refractivity contribution in [3.8, 4) is 0 Å². The zero-order valence-electron chi connectivity index (χ0n) is 26.7. The summed E-state index contributed by atoms with van der Waals surface area (Å²) in [5.41, 5.74) is 1.78. The molecule has 1 saturated carbocycles. The van der Waals surface area contributed by atoms with Gasteiger partial charge in [-0.2, -0.15) is 4.98 Å². The van der Waals surface area contributed by atoms with Crippen LogP contribution in [0.4, 0.5) is 17.5 Å². The van der Waals surface area contributed by atoms with Crippen molar-refractivity contribution in [2.24, 2.45) is 0 Å². The number of aromatic nitrogens is 4. The Morgan fingerprint density at radius 1 is 1.02 bits per heavy atom. The van der Waals surface area contributed by atoms with Gasteiger partial charge in [0.05, 0.1) is 17.4 Å². The van der Waals surface area contributed by atoms with Crippen LogP contribution in [-0.2, 0) is 9.53 Å². The molecule has 0 spiro atoms. The molecule has 0 amide bonds. The van der Waals surface area contributed by atoms with Crippen molar-refractivity contribution >= 4 is 40.2 Å². The topological polar surface area (TPSA) is 123 Å². The highest BCUT2D eigenvalue weighted by Gasteiger charge is 2.26. The SMILES string of the molecule is CC(=O)c1c(C)c2cnc(Nc3ccc(N4CCN(CCCCC(=O)OC(C)(C)C)CC4)cn3)nc2n(C2CCCC2)c1=O. The highest BCUT2D eigenvalue weighted by atomic mass is 16.6. The molecule has 44 heavy (non-hydrogen) atoms. The van der Waals surface area contributed by atoms with Gasteiger partial charge in [-0.15, -0.1) is 0 Å². The minimum Gasteiger partial charge on any atom is -0.460 e. The standard InChI is InChI=1S/C33H45N7O4/c1-22-26-21-35-32(37-30(26)40(24-10-6-7-11-24)31(43)29(22)23(2)41)36-27-14-13-25(20-34-27)39-18-16-38(17-19-39)15-9-8-12-28(42)44-33(3,4)5/h13-14,20-21,24H,6-12,15-19H2,1-5H3,(H,34,35,36,37). The lowest BCUT2D eigenvalue weighted by Gasteiger charge is -2.36. The summed E-state index contributed by atoms with van der Waals surface area (Å²) in [4.78, 5) is 56.4. The molecule has 1 N–H and O–H groups in total. The lowest BCUT2D eigenvalue weighted by atomic mass is 10.0. The number of pyridine rings is 2. The van der Waals surface area contributed by atoms with E-state index < -0.39 is 5.60 Å². The number of unbranched alkanes of at least 4 members (excludes halogenated alkanes) is 1. The normalized spacial score (nSPS) is 16.4. The molecular weight excluding hydrogens is 558 g/mol. The Labute approximate surface area is 259 Å². The Bertz CT molecular complexity index is 1550. The molecule has 4 heterocycles. The van der Waals surface area contributed by atoms with Crippen LogP contribution in [0.5, 0.6) is 0 Å². The average Bonchev–Trinajstić information content (AvgIpc) is 3.50. The van der Waals surface area contributed by atoms with Gasteiger partial charge in [0.15, 0.2) is 5.78 Å². The minimum atomic E-state index is -0.428. The van der Waals surface area contributed by atoms with E-state index >= 15 is 0 Å². The van der Waals surface area contributed by atoms with Gasteiger partial charge < -0.3 is 15.0 Å². The number of nitrogens with one attached hydrogen (secondary N) is 1. The third kappa shape index (κ3) is 7.43. The van der Waals surface area contributed by atoms with E-state index in [1.54, 1.807) is 17.7 Å². The highest BCUT2D eigenvalue weighted by Crippen LogP contribution is 2.32. The summed E-state index contributed by atoms with van der Waals surface area (Å²) >= 11 is 0. The summed E-state index contributed by atoms with van der Waals surface area (Å²) in [5.74, 6) is 0.620. The number of aryl methyl sites for hydroxylation is 1. The number of nitrogens with zero attached hydrogens (tertiary/aromatic N) is 6. The molecule has 3 aromatic heterocycles. The number of fused-ring (bicyclic) bond motifs is 1. The summed E-state index contributed by atoms with van der Waals surface area (Å²) in [5, 5.41) is 3.92. The molecule has 11 nitrogen and oxygen atoms in total. The number of carbonyl (C=O) groups excluding carboxylic acids is 2. The van der Waals surface area contributed by atoms with Crippen LogP contribution >= 0.6 is 0 Å². The van der Waals surface area contributed by atoms with Crippen molar-refractivity contribution < 1.29 is 14.3 Å². The van der Waals surface area contributed by atoms with Crippen LogP contribution in [0.2, 0.25) is 0 Å². The molecule has 0 aromatic carbocycles. The number of esters is 1. The van der Waals surface area contributed by atoms with Gasteiger partial charge in [0.2, 0.25) is 5.95 Å². The predicted molar refractivity (Wildman–Crippen MR) is 172 cm³/mol. The minimum absolute atomic E-state index is 0.0292. The second-order valence-electron chi connectivity index (χ2n) is 13.0. The number of anilines is 3. The number of Topliss-reactive ketones (excluding diaryl/α,β-unsaturated/α-hetero) is 1. The zero-order valence-corrected chi connectivity index (χ0v) is 26.7. The van der Waals surface area contributed by atoms with Crippen molar-refractivity contribution in [2.45, 2.75) is 91.2 Å². The largest absolute Gasteiger partial charge is 0.460 e. The first-order chi connectivity index (χ1) is 21.0. The number of ketones is 1. The molecular formula is C33H45N7O4. The lowest BCUT2D eigenvalue weighted by Crippen LogP contribution is -2.46. The third-order valence-electron chi connectivity index (χ3n) is 8.50. The Balaban J connectivity index is 1.19. The Morgan fingerprint density at radius 2 is 1.75 bits per heavy atom. The Hall–Kier alpha value is -3.86. The lowest BCUT2D eigenvalue weighted by molar-refractivity contribution is -0.154. The smallest absolute Gasteiger partial charge is 0.306 e. The molecule has 2 fully saturated rings. The van der Waals surface area contributed by atoms with Crippen LogP contribution in [0, 0.1) is 6.92 Å². The molecule has 11 heteroatoms. The van der Waals surface area contributed by atoms with Crippen LogP contribution in [0.25, 0.3) is 11.0 Å². The van der Waals surface area contributed by atoms with Gasteiger partial charge in [-0.1, -0.05) is 12.8 Å². The highest BCUT2D eigenvalue weighted by molar-refractivity contribution is 5.99. The average molecular weight is 604 g/mol. The Morgan fingerprint density at radius 3 is 2.39 bits per heavy atom. The van der Waals surface area contributed by atoms with Crippen molar-refractivity contribution in [1.82, 2.24) is 24.4 Å². The maximum atomic E-state index is 13.5. The summed E-state index contributed by atoms with van der Waals surface area (Å²) in [6.45, 7) is 13.7. The van der Waals surface area contributed by atoms with E-state index in [0.29, 0.717) is 29.4 Å². The van der Waals surface area contributed by atoms with Crippen LogP contribution in [0.1, 0.15) is 94.6 Å². The molecule has 0 bridgehead atoms. The van der Waals surface area contributed by atoms with Gasteiger partial charge >= 0.3 is 5.97 Å². The molecule has 1 aliphatic carbocycles. The number of carbonyl (C=O) groups is 2. The molecule has 5 rings (SSSR count). The first-order valence-corrected chi connectivity index (χ1v) is 15.8. The van der Waals surface area contributed by atoms with E-state index in [4.69, 9.17) is 9.72 Å². The fourth-order valence-corrected chi connectivity index (χ4v) is 6.30. The molecule has 0 unspecified atom stereocenters. The van der Waals surface area contributed by atoms with Gasteiger partial charge in [0, 0.05) is 50.2 Å². The van der Waals surface area contributed by atoms with Crippen molar-refractivity contribution in [2.75, 3.05) is 42.9 Å². The fourth-order valence-electron chi connectivity index (χ4n) is 6.30. The van der Waals surface area contributed by atoms with Crippen LogP contribution < -0.4 is 15.8 Å². The van der Waals surface area contributed by atoms with Crippen molar-refractivity contribution in [1.29, 1.82) is 0 Å². The number of hydrogen-bond donors (Lipinski definition) is 1. The predicted octanol–water partition coefficient (Wildman–Crippen LogP) is 5.19. The Kier molecular flexibility index (Phi) is 9.62. The van der Waals surface area contributed by atoms with Crippen molar-refractivity contribution in [3.63, 3.8) is 0 Å². The second-order valence-corrected chi connectivity index (χ2v) is 13.0. The van der Waals surface area contributed by atoms with Gasteiger partial charge in [0.25, 0.3) is 5.56 Å². The molecule has 0 atom stereocenters. The van der Waals surface area contributed by atoms with Crippen LogP contribution in [0.3, 0.4) is 0 Å². The van der Waals surface area contributed by atoms with Crippen molar-refractivity contribution in [3.05, 3.63) is 46.0 Å². The molecule has 0 radical (unpaired) electrons. The maximum absolute atomic E-state index is 13.5. The van der Waals surface area contributed by atoms with Gasteiger partial charge in [-0.05, 0) is 84.5 Å². The van der Waals surface area contributed by atoms with Gasteiger partial charge in [0.1, 0.15) is 17.1 Å². The number of piperazine rings is 1. The summed E-state index contributed by atoms with van der Waals surface area (Å²) in [7, 11) is 0. The second kappa shape index (κ2) is 13.4. The number of hydrogen-bond acceptors (Lipinski definition) is 10. The van der Waals surface area contributed by atoms with E-state index in [9.17, 15) is 14.4 Å². The molecule has 3 aromatic rings. The summed E-state index contributed by atoms with van der Waals surface area (Å²) in [6.07, 6.45) is 9.74. The van der Waals surface area contributed by atoms with E-state index in [0.717, 1.165) is 82.3 Å². The van der Waals surface area contributed by atoms with Gasteiger partial charge in [-0.3, -0.25) is 23.9 Å². The first-order valence-electron chi connectivity index (χ1n) is 15.8. The quantitative estimate of drug-likeness (QED) is 0.188. The molecule has 1 saturated heterocycles. The summed E-state index contributed by atoms with van der Waals surface area (Å²) in [6, 6.07) is 3.99. The number of ether oxygens (including phenoxy) is 1. The maximum Gasteiger partial charge on any atom is 0.306 e. The van der Waals surface area contributed by atoms with E-state index in [2.05, 4.69) is 25.1 Å². The third-order valence-corrected chi connectivity index (χ3v) is 8.50. The first kappa shape index (κ1) is 31.6. The van der Waals surface area contributed by atoms with E-state index in [1.807, 2.05) is 39.1 Å². The van der Waals surface area contributed by atoms with Gasteiger partial charge in [-0.25, -0.2) is 9.97 Å². The molecule has 236 valence electrons. The molecule has 1 aliphatic heterocycles.